The van der Waals surface area contributed by atoms with Crippen molar-refractivity contribution in [1.82, 2.24) is 9.97 Å². The lowest BCUT2D eigenvalue weighted by molar-refractivity contribution is 0.0988. The smallest absolute Gasteiger partial charge is 0.259 e. The summed E-state index contributed by atoms with van der Waals surface area (Å²) in [5.41, 5.74) is 1.29. The van der Waals surface area contributed by atoms with Gasteiger partial charge in [-0.2, -0.15) is 16.3 Å². The van der Waals surface area contributed by atoms with Crippen molar-refractivity contribution in [2.24, 2.45) is 4.99 Å². The number of nitrogens with zero attached hydrogens (tertiary/aromatic N) is 5. The predicted molar refractivity (Wildman–Crippen MR) is 110 cm³/mol. The minimum absolute atomic E-state index is 0.0680. The minimum atomic E-state index is -0.0680. The summed E-state index contributed by atoms with van der Waals surface area (Å²) in [6, 6.07) is 1.83. The average Bonchev–Trinajstić information content (AvgIpc) is 3.19. The van der Waals surface area contributed by atoms with Gasteiger partial charge in [0.05, 0.1) is 11.8 Å². The Hall–Kier alpha value is -2.28. The second-order valence-corrected chi connectivity index (χ2v) is 6.35. The molecule has 2 aromatic rings. The molecule has 6 nitrogen and oxygen atoms in total. The molecule has 2 heterocycles. The number of rotatable bonds is 9. The highest BCUT2D eigenvalue weighted by Crippen LogP contribution is 2.29. The molecule has 0 spiro atoms. The Balaban J connectivity index is 2.45. The van der Waals surface area contributed by atoms with Crippen LogP contribution in [0, 0.1) is 6.92 Å². The van der Waals surface area contributed by atoms with E-state index < -0.39 is 0 Å². The van der Waals surface area contributed by atoms with Gasteiger partial charge in [0, 0.05) is 31.2 Å². The zero-order valence-electron chi connectivity index (χ0n) is 15.7. The van der Waals surface area contributed by atoms with Crippen LogP contribution in [0.3, 0.4) is 0 Å². The van der Waals surface area contributed by atoms with Gasteiger partial charge in [-0.25, -0.2) is 9.98 Å². The summed E-state index contributed by atoms with van der Waals surface area (Å²) in [4.78, 5) is 30.2. The molecule has 0 fully saturated rings. The zero-order valence-corrected chi connectivity index (χ0v) is 16.5. The molecule has 0 aromatic carbocycles. The Labute approximate surface area is 159 Å². The molecule has 1 amide bonds. The average molecular weight is 373 g/mol. The lowest BCUT2D eigenvalue weighted by Gasteiger charge is -2.23. The molecule has 1 radical (unpaired) electrons. The zero-order chi connectivity index (χ0) is 18.9. The van der Waals surface area contributed by atoms with Crippen LogP contribution in [0.1, 0.15) is 44.0 Å². The molecule has 0 aliphatic heterocycles. The number of amides is 1. The molecule has 0 aliphatic rings. The number of unbranched alkanes of at least 4 members (excludes halogenated alkanes) is 1. The van der Waals surface area contributed by atoms with E-state index in [1.807, 2.05) is 23.8 Å². The van der Waals surface area contributed by atoms with E-state index in [-0.39, 0.29) is 5.91 Å². The quantitative estimate of drug-likeness (QED) is 0.613. The van der Waals surface area contributed by atoms with Crippen molar-refractivity contribution in [1.29, 1.82) is 0 Å². The molecule has 0 aliphatic carbocycles. The molecule has 139 valence electrons. The van der Waals surface area contributed by atoms with Crippen molar-refractivity contribution in [2.75, 3.05) is 29.4 Å². The van der Waals surface area contributed by atoms with Crippen molar-refractivity contribution < 1.29 is 4.79 Å². The molecule has 2 rings (SSSR count). The largest absolute Gasteiger partial charge is 0.341 e. The number of hydrogen-bond acceptors (Lipinski definition) is 6. The number of anilines is 2. The van der Waals surface area contributed by atoms with Gasteiger partial charge in [0.15, 0.2) is 5.82 Å². The molecule has 0 atom stereocenters. The van der Waals surface area contributed by atoms with Crippen LogP contribution in [0.25, 0.3) is 0 Å². The van der Waals surface area contributed by atoms with Crippen LogP contribution in [0.4, 0.5) is 17.5 Å². The number of aliphatic imine (C=N–C) groups is 1. The summed E-state index contributed by atoms with van der Waals surface area (Å²) in [6.45, 7) is 12.0. The lowest BCUT2D eigenvalue weighted by atomic mass is 10.2. The Morgan fingerprint density at radius 2 is 2.08 bits per heavy atom. The molecule has 0 unspecified atom stereocenters. The van der Waals surface area contributed by atoms with Crippen molar-refractivity contribution >= 4 is 40.9 Å². The highest BCUT2D eigenvalue weighted by Gasteiger charge is 2.21. The van der Waals surface area contributed by atoms with Crippen LogP contribution in [0.2, 0.25) is 0 Å². The second kappa shape index (κ2) is 10.0. The summed E-state index contributed by atoms with van der Waals surface area (Å²) < 4.78 is 0. The Morgan fingerprint density at radius 3 is 2.65 bits per heavy atom. The summed E-state index contributed by atoms with van der Waals surface area (Å²) in [7, 11) is 0. The molecule has 0 saturated carbocycles. The summed E-state index contributed by atoms with van der Waals surface area (Å²) >= 11 is 1.50. The maximum Gasteiger partial charge on any atom is 0.259 e. The van der Waals surface area contributed by atoms with Gasteiger partial charge in [-0.3, -0.25) is 4.79 Å². The fraction of sp³-hybridized carbons (Fsp3) is 0.421. The van der Waals surface area contributed by atoms with Gasteiger partial charge in [-0.1, -0.05) is 6.92 Å². The first kappa shape index (κ1) is 20.0. The van der Waals surface area contributed by atoms with Crippen molar-refractivity contribution in [2.45, 2.75) is 33.6 Å². The normalized spacial score (nSPS) is 11.1. The van der Waals surface area contributed by atoms with Crippen molar-refractivity contribution in [3.63, 3.8) is 0 Å². The molecule has 26 heavy (non-hydrogen) atoms. The van der Waals surface area contributed by atoms with E-state index in [0.29, 0.717) is 29.6 Å². The molecule has 2 aromatic heterocycles. The van der Waals surface area contributed by atoms with Crippen LogP contribution in [0.15, 0.2) is 28.0 Å². The maximum atomic E-state index is 12.9. The summed E-state index contributed by atoms with van der Waals surface area (Å²) in [5, 5.41) is 3.75. The van der Waals surface area contributed by atoms with E-state index in [0.717, 1.165) is 25.9 Å². The first-order valence-corrected chi connectivity index (χ1v) is 9.88. The van der Waals surface area contributed by atoms with Crippen molar-refractivity contribution in [3.8, 4) is 0 Å². The Bertz CT molecular complexity index is 726. The Kier molecular flexibility index (Phi) is 7.72. The first-order valence-electron chi connectivity index (χ1n) is 8.93. The van der Waals surface area contributed by atoms with E-state index in [1.54, 1.807) is 17.3 Å². The third kappa shape index (κ3) is 4.66. The fourth-order valence-electron chi connectivity index (χ4n) is 2.51. The summed E-state index contributed by atoms with van der Waals surface area (Å²) in [6.07, 6.45) is 5.02. The van der Waals surface area contributed by atoms with E-state index >= 15 is 0 Å². The highest BCUT2D eigenvalue weighted by atomic mass is 32.1. The highest BCUT2D eigenvalue weighted by molar-refractivity contribution is 7.08. The van der Waals surface area contributed by atoms with Crippen LogP contribution in [0.5, 0.6) is 0 Å². The van der Waals surface area contributed by atoms with Gasteiger partial charge in [0.25, 0.3) is 5.91 Å². The standard InChI is InChI=1S/C19H26N5OS/c1-5-9-11-20-17-16(13-21-19(22-17)23(6-2)7-3)24(8-4)18(25)15-10-12-26-14-15/h10-14H,1,5-9H2,2-4H3. The lowest BCUT2D eigenvalue weighted by Crippen LogP contribution is -2.31. The van der Waals surface area contributed by atoms with Crippen LogP contribution in [-0.4, -0.2) is 41.7 Å². The minimum Gasteiger partial charge on any atom is -0.341 e. The van der Waals surface area contributed by atoms with Gasteiger partial charge in [0.2, 0.25) is 5.95 Å². The third-order valence-corrected chi connectivity index (χ3v) is 4.63. The maximum absolute atomic E-state index is 12.9. The van der Waals surface area contributed by atoms with Gasteiger partial charge in [-0.15, -0.1) is 0 Å². The topological polar surface area (TPSA) is 61.7 Å². The van der Waals surface area contributed by atoms with Crippen LogP contribution < -0.4 is 9.80 Å². The van der Waals surface area contributed by atoms with E-state index in [2.05, 4.69) is 40.6 Å². The van der Waals surface area contributed by atoms with Gasteiger partial charge < -0.3 is 9.80 Å². The fourth-order valence-corrected chi connectivity index (χ4v) is 3.14. The van der Waals surface area contributed by atoms with Crippen molar-refractivity contribution in [3.05, 3.63) is 35.5 Å². The van der Waals surface area contributed by atoms with E-state index in [9.17, 15) is 4.79 Å². The number of hydrogen-bond donors (Lipinski definition) is 0. The van der Waals surface area contributed by atoms with Crippen LogP contribution in [-0.2, 0) is 0 Å². The van der Waals surface area contributed by atoms with E-state index in [4.69, 9.17) is 0 Å². The first-order chi connectivity index (χ1) is 12.7. The molecule has 0 saturated heterocycles. The van der Waals surface area contributed by atoms with Gasteiger partial charge in [0.1, 0.15) is 5.69 Å². The van der Waals surface area contributed by atoms with Gasteiger partial charge in [-0.05, 0) is 45.1 Å². The number of carbonyl (C=O) groups is 1. The predicted octanol–water partition coefficient (Wildman–Crippen LogP) is 4.37. The molecule has 0 bridgehead atoms. The monoisotopic (exact) mass is 372 g/mol. The molecule has 7 heteroatoms. The second-order valence-electron chi connectivity index (χ2n) is 5.57. The Morgan fingerprint density at radius 1 is 1.31 bits per heavy atom. The SMILES string of the molecule is [CH2]CCC=Nc1nc(N(CC)CC)ncc1N(CC)C(=O)c1ccsc1. The summed E-state index contributed by atoms with van der Waals surface area (Å²) in [5.74, 6) is 1.07. The number of aromatic nitrogens is 2. The number of carbonyl (C=O) groups excluding carboxylic acids is 1. The van der Waals surface area contributed by atoms with Gasteiger partial charge >= 0.3 is 0 Å². The molecular formula is C19H26N5OS. The van der Waals surface area contributed by atoms with Crippen LogP contribution >= 0.6 is 11.3 Å². The molecule has 0 N–H and O–H groups in total. The molecular weight excluding hydrogens is 346 g/mol. The van der Waals surface area contributed by atoms with E-state index in [1.165, 1.54) is 11.3 Å². The third-order valence-electron chi connectivity index (χ3n) is 3.95. The number of thiophene rings is 1.